The zero-order valence-corrected chi connectivity index (χ0v) is 18.5. The van der Waals surface area contributed by atoms with Crippen molar-refractivity contribution in [1.82, 2.24) is 14.5 Å². The molecule has 0 amide bonds. The lowest BCUT2D eigenvalue weighted by Gasteiger charge is -2.27. The van der Waals surface area contributed by atoms with Gasteiger partial charge in [-0.2, -0.15) is 26.3 Å². The molecule has 1 N–H and O–H groups in total. The fourth-order valence-corrected chi connectivity index (χ4v) is 5.48. The van der Waals surface area contributed by atoms with E-state index in [9.17, 15) is 44.7 Å². The lowest BCUT2D eigenvalue weighted by atomic mass is 9.96. The van der Waals surface area contributed by atoms with Crippen LogP contribution in [0.2, 0.25) is 0 Å². The first-order valence-corrected chi connectivity index (χ1v) is 10.9. The molecule has 0 saturated heterocycles. The number of thioether (sulfide) groups is 1. The number of H-pyrrole nitrogens is 1. The minimum Gasteiger partial charge on any atom is -0.292 e. The molecule has 14 heteroatoms. The van der Waals surface area contributed by atoms with Crippen molar-refractivity contribution in [3.05, 3.63) is 62.3 Å². The van der Waals surface area contributed by atoms with Crippen LogP contribution in [0, 0.1) is 11.6 Å². The lowest BCUT2D eigenvalue weighted by molar-refractivity contribution is -0.147. The van der Waals surface area contributed by atoms with Crippen LogP contribution in [0.15, 0.2) is 38.8 Å². The van der Waals surface area contributed by atoms with E-state index in [1.165, 1.54) is 0 Å². The van der Waals surface area contributed by atoms with Gasteiger partial charge in [-0.25, -0.2) is 13.6 Å². The molecule has 0 radical (unpaired) electrons. The summed E-state index contributed by atoms with van der Waals surface area (Å²) in [6, 6.07) is 1.42. The first-order valence-electron chi connectivity index (χ1n) is 9.93. The Bertz CT molecular complexity index is 1430. The molecule has 5 nitrogen and oxygen atoms in total. The zero-order valence-electron chi connectivity index (χ0n) is 17.7. The molecular weight excluding hydrogens is 510 g/mol. The highest BCUT2D eigenvalue weighted by molar-refractivity contribution is 7.99. The third kappa shape index (κ3) is 4.81. The van der Waals surface area contributed by atoms with Crippen LogP contribution in [0.5, 0.6) is 0 Å². The Morgan fingerprint density at radius 3 is 2.40 bits per heavy atom. The van der Waals surface area contributed by atoms with Crippen molar-refractivity contribution in [2.24, 2.45) is 0 Å². The van der Waals surface area contributed by atoms with Crippen LogP contribution in [0.1, 0.15) is 5.56 Å². The van der Waals surface area contributed by atoms with Gasteiger partial charge in [-0.05, 0) is 25.2 Å². The van der Waals surface area contributed by atoms with Crippen LogP contribution < -0.4 is 11.2 Å². The summed E-state index contributed by atoms with van der Waals surface area (Å²) in [6.45, 7) is -1.74. The first kappa shape index (κ1) is 25.2. The van der Waals surface area contributed by atoms with Crippen molar-refractivity contribution in [1.29, 1.82) is 0 Å². The minimum absolute atomic E-state index is 0.214. The van der Waals surface area contributed by atoms with E-state index in [4.69, 9.17) is 0 Å². The van der Waals surface area contributed by atoms with Crippen LogP contribution in [-0.4, -0.2) is 46.0 Å². The van der Waals surface area contributed by atoms with Gasteiger partial charge in [-0.1, -0.05) is 0 Å². The number of alkyl halides is 6. The van der Waals surface area contributed by atoms with E-state index < -0.39 is 69.9 Å². The van der Waals surface area contributed by atoms with Crippen LogP contribution in [0.3, 0.4) is 0 Å². The van der Waals surface area contributed by atoms with Crippen molar-refractivity contribution >= 4 is 22.7 Å². The third-order valence-corrected chi connectivity index (χ3v) is 6.84. The lowest BCUT2D eigenvalue weighted by Crippen LogP contribution is -2.44. The molecule has 35 heavy (non-hydrogen) atoms. The van der Waals surface area contributed by atoms with E-state index in [1.54, 1.807) is 0 Å². The maximum Gasteiger partial charge on any atom is 0.417 e. The zero-order chi connectivity index (χ0) is 25.9. The molecule has 2 heterocycles. The number of nitrogens with zero attached hydrogens (tertiary/aromatic N) is 2. The van der Waals surface area contributed by atoms with Gasteiger partial charge < -0.3 is 0 Å². The molecule has 0 fully saturated rings. The Morgan fingerprint density at radius 1 is 1.11 bits per heavy atom. The first-order chi connectivity index (χ1) is 16.2. The summed E-state index contributed by atoms with van der Waals surface area (Å²) in [6.07, 6.45) is -9.68. The second-order valence-electron chi connectivity index (χ2n) is 8.01. The molecule has 0 aliphatic carbocycles. The number of aromatic nitrogens is 2. The summed E-state index contributed by atoms with van der Waals surface area (Å²) in [5, 5.41) is -0.537. The van der Waals surface area contributed by atoms with Crippen LogP contribution in [0.25, 0.3) is 22.0 Å². The van der Waals surface area contributed by atoms with Gasteiger partial charge in [0.05, 0.1) is 23.0 Å². The quantitative estimate of drug-likeness (QED) is 0.508. The Labute approximate surface area is 195 Å². The molecule has 2 aromatic carbocycles. The van der Waals surface area contributed by atoms with E-state index in [2.05, 4.69) is 0 Å². The van der Waals surface area contributed by atoms with Crippen molar-refractivity contribution in [3.63, 3.8) is 0 Å². The second kappa shape index (κ2) is 8.66. The molecule has 3 aromatic rings. The van der Waals surface area contributed by atoms with E-state index in [1.807, 2.05) is 4.98 Å². The summed E-state index contributed by atoms with van der Waals surface area (Å²) in [7, 11) is 1.14. The molecule has 1 atom stereocenters. The molecule has 4 rings (SSSR count). The van der Waals surface area contributed by atoms with Gasteiger partial charge >= 0.3 is 18.0 Å². The Kier molecular flexibility index (Phi) is 6.24. The topological polar surface area (TPSA) is 58.1 Å². The molecule has 1 aromatic heterocycles. The molecular formula is C21H15F8N3O2S. The Balaban J connectivity index is 2.06. The van der Waals surface area contributed by atoms with Gasteiger partial charge in [0.25, 0.3) is 5.56 Å². The average Bonchev–Trinajstić information content (AvgIpc) is 2.91. The van der Waals surface area contributed by atoms with Gasteiger partial charge in [0.2, 0.25) is 0 Å². The number of benzene rings is 2. The van der Waals surface area contributed by atoms with Gasteiger partial charge in [0.1, 0.15) is 11.6 Å². The third-order valence-electron chi connectivity index (χ3n) is 5.61. The van der Waals surface area contributed by atoms with E-state index in [0.717, 1.165) is 28.6 Å². The van der Waals surface area contributed by atoms with Gasteiger partial charge in [0.15, 0.2) is 0 Å². The predicted molar refractivity (Wildman–Crippen MR) is 112 cm³/mol. The number of aromatic amines is 1. The fraction of sp³-hybridized carbons (Fsp3) is 0.333. The molecule has 0 saturated carbocycles. The number of likely N-dealkylation sites (N-methyl/N-ethyl adjacent to an activating group) is 1. The summed E-state index contributed by atoms with van der Waals surface area (Å²) in [4.78, 5) is 27.6. The second-order valence-corrected chi connectivity index (χ2v) is 9.04. The van der Waals surface area contributed by atoms with Crippen molar-refractivity contribution in [2.45, 2.75) is 29.8 Å². The molecule has 188 valence electrons. The predicted octanol–water partition coefficient (Wildman–Crippen LogP) is 4.62. The summed E-state index contributed by atoms with van der Waals surface area (Å²) < 4.78 is 110. The van der Waals surface area contributed by atoms with E-state index >= 15 is 0 Å². The SMILES string of the molecule is CN(CC(F)(F)F)C1CSc2c(-c3ccc(F)cc3F)c(C(F)(F)F)cc3c(=O)[nH]c(=O)n(c23)C1. The molecule has 0 spiro atoms. The summed E-state index contributed by atoms with van der Waals surface area (Å²) in [5.74, 6) is -2.57. The highest BCUT2D eigenvalue weighted by Crippen LogP contribution is 2.47. The van der Waals surface area contributed by atoms with Crippen molar-refractivity contribution in [2.75, 3.05) is 19.3 Å². The maximum atomic E-state index is 14.7. The summed E-state index contributed by atoms with van der Waals surface area (Å²) >= 11 is 0.665. The van der Waals surface area contributed by atoms with Crippen LogP contribution >= 0.6 is 11.8 Å². The standard InChI is InChI=1S/C21H15F8N3O2S/c1-31(8-20(24,25)26)10-6-32-16-12(18(33)30-19(32)34)5-13(21(27,28)29)15(17(16)35-7-10)11-3-2-9(22)4-14(11)23/h2-5,10H,6-8H2,1H3,(H,30,33,34). The number of nitrogens with one attached hydrogen (secondary N) is 1. The molecule has 1 aliphatic rings. The number of hydrogen-bond acceptors (Lipinski definition) is 4. The number of halogens is 8. The monoisotopic (exact) mass is 525 g/mol. The smallest absolute Gasteiger partial charge is 0.292 e. The highest BCUT2D eigenvalue weighted by atomic mass is 32.2. The normalized spacial score (nSPS) is 16.7. The average molecular weight is 525 g/mol. The number of rotatable bonds is 3. The maximum absolute atomic E-state index is 14.7. The van der Waals surface area contributed by atoms with Gasteiger partial charge in [0, 0.05) is 40.4 Å². The minimum atomic E-state index is -5.09. The van der Waals surface area contributed by atoms with E-state index in [-0.39, 0.29) is 22.7 Å². The van der Waals surface area contributed by atoms with Crippen molar-refractivity contribution < 1.29 is 35.1 Å². The highest BCUT2D eigenvalue weighted by Gasteiger charge is 2.39. The van der Waals surface area contributed by atoms with Crippen molar-refractivity contribution in [3.8, 4) is 11.1 Å². The van der Waals surface area contributed by atoms with Crippen LogP contribution in [0.4, 0.5) is 35.1 Å². The van der Waals surface area contributed by atoms with Gasteiger partial charge in [-0.15, -0.1) is 11.8 Å². The van der Waals surface area contributed by atoms with E-state index in [0.29, 0.717) is 23.9 Å². The fourth-order valence-electron chi connectivity index (χ4n) is 4.04. The molecule has 1 unspecified atom stereocenters. The Morgan fingerprint density at radius 2 is 1.80 bits per heavy atom. The molecule has 1 aliphatic heterocycles. The molecule has 0 bridgehead atoms. The van der Waals surface area contributed by atoms with Gasteiger partial charge in [-0.3, -0.25) is 19.2 Å². The Hall–Kier alpha value is -2.87. The largest absolute Gasteiger partial charge is 0.417 e. The van der Waals surface area contributed by atoms with Crippen LogP contribution in [-0.2, 0) is 12.7 Å². The summed E-state index contributed by atoms with van der Waals surface area (Å²) in [5.41, 5.74) is -5.21. The number of hydrogen-bond donors (Lipinski definition) is 1.